The van der Waals surface area contributed by atoms with Gasteiger partial charge in [-0.3, -0.25) is 4.90 Å². The van der Waals surface area contributed by atoms with E-state index in [1.54, 1.807) is 19.1 Å². The van der Waals surface area contributed by atoms with Crippen LogP contribution in [-0.4, -0.2) is 22.9 Å². The number of hydrogen-bond donors (Lipinski definition) is 1. The van der Waals surface area contributed by atoms with Crippen LogP contribution in [0, 0.1) is 12.7 Å². The number of amides is 1. The maximum absolute atomic E-state index is 13.9. The summed E-state index contributed by atoms with van der Waals surface area (Å²) in [6.45, 7) is 1.79. The number of nitrogens with zero attached hydrogens (tertiary/aromatic N) is 2. The van der Waals surface area contributed by atoms with Gasteiger partial charge in [-0.1, -0.05) is 35.0 Å². The molecular formula is C19H15BrClFN2O3. The molecule has 0 atom stereocenters. The number of benzene rings is 2. The summed E-state index contributed by atoms with van der Waals surface area (Å²) in [5.41, 5.74) is 1.91. The van der Waals surface area contributed by atoms with Crippen molar-refractivity contribution in [2.45, 2.75) is 13.3 Å². The predicted molar refractivity (Wildman–Crippen MR) is 105 cm³/mol. The Bertz CT molecular complexity index is 993. The molecule has 0 saturated heterocycles. The Morgan fingerprint density at radius 2 is 2.07 bits per heavy atom. The van der Waals surface area contributed by atoms with Gasteiger partial charge >= 0.3 is 6.09 Å². The van der Waals surface area contributed by atoms with E-state index in [1.807, 2.05) is 18.2 Å². The fraction of sp³-hybridized carbons (Fsp3) is 0.158. The molecule has 1 heterocycles. The Morgan fingerprint density at radius 3 is 2.74 bits per heavy atom. The number of halogens is 3. The zero-order valence-corrected chi connectivity index (χ0v) is 16.6. The van der Waals surface area contributed by atoms with E-state index in [9.17, 15) is 14.3 Å². The largest absolute Gasteiger partial charge is 0.465 e. The van der Waals surface area contributed by atoms with Gasteiger partial charge in [0.1, 0.15) is 17.2 Å². The zero-order chi connectivity index (χ0) is 19.6. The van der Waals surface area contributed by atoms with E-state index in [2.05, 4.69) is 21.1 Å². The first-order chi connectivity index (χ1) is 12.9. The lowest BCUT2D eigenvalue weighted by Gasteiger charge is -2.19. The van der Waals surface area contributed by atoms with Crippen LogP contribution in [0.5, 0.6) is 0 Å². The molecule has 0 unspecified atom stereocenters. The maximum atomic E-state index is 13.9. The van der Waals surface area contributed by atoms with Crippen LogP contribution in [0.2, 0.25) is 5.02 Å². The van der Waals surface area contributed by atoms with Crippen molar-refractivity contribution < 1.29 is 18.8 Å². The molecule has 0 aliphatic carbocycles. The van der Waals surface area contributed by atoms with E-state index >= 15 is 0 Å². The van der Waals surface area contributed by atoms with Crippen LogP contribution in [0.3, 0.4) is 0 Å². The topological polar surface area (TPSA) is 66.6 Å². The van der Waals surface area contributed by atoms with E-state index in [0.29, 0.717) is 27.2 Å². The van der Waals surface area contributed by atoms with Gasteiger partial charge in [0.15, 0.2) is 5.76 Å². The van der Waals surface area contributed by atoms with Crippen LogP contribution in [0.25, 0.3) is 11.3 Å². The predicted octanol–water partition coefficient (Wildman–Crippen LogP) is 5.93. The van der Waals surface area contributed by atoms with E-state index in [4.69, 9.17) is 16.1 Å². The Kier molecular flexibility index (Phi) is 5.82. The Labute approximate surface area is 168 Å². The molecule has 140 valence electrons. The standard InChI is InChI=1S/C19H15BrClFN2O3/c1-11-17(18(27-23-11)13-6-7-14(20)16(22)10-13)24(19(25)26)9-8-12-4-2-3-5-15(12)21/h2-7,10H,8-9H2,1H3,(H,25,26). The van der Waals surface area contributed by atoms with E-state index in [-0.39, 0.29) is 18.0 Å². The van der Waals surface area contributed by atoms with Gasteiger partial charge in [0.25, 0.3) is 0 Å². The minimum atomic E-state index is -1.16. The van der Waals surface area contributed by atoms with Crippen LogP contribution in [0.15, 0.2) is 51.5 Å². The molecule has 3 aromatic rings. The molecule has 1 amide bonds. The monoisotopic (exact) mass is 452 g/mol. The van der Waals surface area contributed by atoms with E-state index < -0.39 is 11.9 Å². The first-order valence-electron chi connectivity index (χ1n) is 8.04. The molecule has 2 aromatic carbocycles. The van der Waals surface area contributed by atoms with Crippen LogP contribution in [0.4, 0.5) is 14.9 Å². The molecular weight excluding hydrogens is 439 g/mol. The minimum absolute atomic E-state index is 0.146. The van der Waals surface area contributed by atoms with Crippen molar-refractivity contribution in [3.63, 3.8) is 0 Å². The van der Waals surface area contributed by atoms with Crippen LogP contribution in [-0.2, 0) is 6.42 Å². The van der Waals surface area contributed by atoms with Crippen LogP contribution in [0.1, 0.15) is 11.3 Å². The summed E-state index contributed by atoms with van der Waals surface area (Å²) in [4.78, 5) is 13.0. The second kappa shape index (κ2) is 8.10. The molecule has 5 nitrogen and oxygen atoms in total. The highest BCUT2D eigenvalue weighted by molar-refractivity contribution is 9.10. The quantitative estimate of drug-likeness (QED) is 0.520. The number of carboxylic acid groups (broad SMARTS) is 1. The van der Waals surface area contributed by atoms with Crippen molar-refractivity contribution in [1.29, 1.82) is 0 Å². The van der Waals surface area contributed by atoms with E-state index in [0.717, 1.165) is 10.5 Å². The van der Waals surface area contributed by atoms with Crippen molar-refractivity contribution >= 4 is 39.3 Å². The van der Waals surface area contributed by atoms with Gasteiger partial charge in [-0.05, 0) is 59.1 Å². The lowest BCUT2D eigenvalue weighted by Crippen LogP contribution is -2.32. The van der Waals surface area contributed by atoms with Gasteiger partial charge in [0.2, 0.25) is 0 Å². The average molecular weight is 454 g/mol. The zero-order valence-electron chi connectivity index (χ0n) is 14.2. The Hall–Kier alpha value is -2.38. The summed E-state index contributed by atoms with van der Waals surface area (Å²) in [5, 5.41) is 14.2. The summed E-state index contributed by atoms with van der Waals surface area (Å²) in [7, 11) is 0. The summed E-state index contributed by atoms with van der Waals surface area (Å²) in [5.74, 6) is -0.286. The van der Waals surface area contributed by atoms with Gasteiger partial charge in [-0.25, -0.2) is 9.18 Å². The highest BCUT2D eigenvalue weighted by atomic mass is 79.9. The number of aryl methyl sites for hydroxylation is 1. The first kappa shape index (κ1) is 19.4. The van der Waals surface area contributed by atoms with Crippen LogP contribution >= 0.6 is 27.5 Å². The third-order valence-electron chi connectivity index (χ3n) is 4.08. The number of anilines is 1. The van der Waals surface area contributed by atoms with Gasteiger partial charge in [0, 0.05) is 17.1 Å². The van der Waals surface area contributed by atoms with E-state index in [1.165, 1.54) is 12.1 Å². The Morgan fingerprint density at radius 1 is 1.33 bits per heavy atom. The third-order valence-corrected chi connectivity index (χ3v) is 5.09. The van der Waals surface area contributed by atoms with Crippen molar-refractivity contribution in [3.05, 3.63) is 69.0 Å². The lowest BCUT2D eigenvalue weighted by molar-refractivity contribution is 0.202. The van der Waals surface area contributed by atoms with Crippen molar-refractivity contribution in [1.82, 2.24) is 5.16 Å². The molecule has 1 aromatic heterocycles. The average Bonchev–Trinajstić information content (AvgIpc) is 3.00. The second-order valence-electron chi connectivity index (χ2n) is 5.85. The highest BCUT2D eigenvalue weighted by Gasteiger charge is 2.26. The third kappa shape index (κ3) is 4.14. The molecule has 3 rings (SSSR count). The number of hydrogen-bond acceptors (Lipinski definition) is 3. The van der Waals surface area contributed by atoms with Crippen LogP contribution < -0.4 is 4.90 Å². The minimum Gasteiger partial charge on any atom is -0.465 e. The molecule has 0 radical (unpaired) electrons. The number of rotatable bonds is 5. The van der Waals surface area contributed by atoms with Gasteiger partial charge in [-0.2, -0.15) is 0 Å². The molecule has 0 bridgehead atoms. The number of aromatic nitrogens is 1. The summed E-state index contributed by atoms with van der Waals surface area (Å²) in [6, 6.07) is 11.7. The van der Waals surface area contributed by atoms with Gasteiger partial charge in [-0.15, -0.1) is 0 Å². The summed E-state index contributed by atoms with van der Waals surface area (Å²) < 4.78 is 19.5. The highest BCUT2D eigenvalue weighted by Crippen LogP contribution is 2.35. The van der Waals surface area contributed by atoms with Gasteiger partial charge in [0.05, 0.1) is 4.47 Å². The fourth-order valence-corrected chi connectivity index (χ4v) is 3.22. The Balaban J connectivity index is 1.96. The lowest BCUT2D eigenvalue weighted by atomic mass is 10.1. The maximum Gasteiger partial charge on any atom is 0.412 e. The molecule has 1 N–H and O–H groups in total. The van der Waals surface area contributed by atoms with Crippen molar-refractivity contribution in [2.24, 2.45) is 0 Å². The number of carbonyl (C=O) groups is 1. The molecule has 0 aliphatic heterocycles. The molecule has 0 fully saturated rings. The normalized spacial score (nSPS) is 10.8. The molecule has 8 heteroatoms. The molecule has 0 aliphatic rings. The fourth-order valence-electron chi connectivity index (χ4n) is 2.75. The summed E-state index contributed by atoms with van der Waals surface area (Å²) in [6.07, 6.45) is -0.753. The smallest absolute Gasteiger partial charge is 0.412 e. The molecule has 0 saturated carbocycles. The molecule has 0 spiro atoms. The van der Waals surface area contributed by atoms with Crippen molar-refractivity contribution in [2.75, 3.05) is 11.4 Å². The SMILES string of the molecule is Cc1noc(-c2ccc(Br)c(F)c2)c1N(CCc1ccccc1Cl)C(=O)O. The second-order valence-corrected chi connectivity index (χ2v) is 7.11. The molecule has 27 heavy (non-hydrogen) atoms. The van der Waals surface area contributed by atoms with Gasteiger partial charge < -0.3 is 9.63 Å². The summed E-state index contributed by atoms with van der Waals surface area (Å²) >= 11 is 9.26. The first-order valence-corrected chi connectivity index (χ1v) is 9.21. The van der Waals surface area contributed by atoms with Crippen molar-refractivity contribution in [3.8, 4) is 11.3 Å².